The van der Waals surface area contributed by atoms with Crippen LogP contribution in [-0.2, 0) is 13.2 Å². The molecular weight excluding hydrogens is 482 g/mol. The van der Waals surface area contributed by atoms with Crippen molar-refractivity contribution in [1.29, 1.82) is 0 Å². The zero-order valence-corrected chi connectivity index (χ0v) is 21.1. The Hall–Kier alpha value is -3.07. The molecule has 0 aliphatic heterocycles. The number of hydrogen-bond donors (Lipinski definition) is 1. The van der Waals surface area contributed by atoms with E-state index in [9.17, 15) is 0 Å². The average molecular weight is 510 g/mol. The van der Waals surface area contributed by atoms with Gasteiger partial charge in [0.2, 0.25) is 5.16 Å². The lowest BCUT2D eigenvalue weighted by molar-refractivity contribution is 0.266. The van der Waals surface area contributed by atoms with Gasteiger partial charge in [0.15, 0.2) is 11.5 Å². The number of thioether (sulfide) groups is 1. The number of tetrazole rings is 1. The first kappa shape index (κ1) is 25.0. The summed E-state index contributed by atoms with van der Waals surface area (Å²) in [5, 5.41) is 17.1. The third-order valence-electron chi connectivity index (χ3n) is 5.14. The van der Waals surface area contributed by atoms with E-state index in [0.717, 1.165) is 52.2 Å². The number of halogens is 1. The molecule has 7 nitrogen and oxygen atoms in total. The van der Waals surface area contributed by atoms with Crippen LogP contribution in [0.4, 0.5) is 0 Å². The van der Waals surface area contributed by atoms with Crippen LogP contribution in [0.3, 0.4) is 0 Å². The van der Waals surface area contributed by atoms with E-state index in [1.165, 1.54) is 0 Å². The van der Waals surface area contributed by atoms with Gasteiger partial charge in [-0.1, -0.05) is 65.8 Å². The van der Waals surface area contributed by atoms with Gasteiger partial charge in [-0.2, -0.15) is 4.68 Å². The first-order chi connectivity index (χ1) is 17.2. The minimum absolute atomic E-state index is 0.445. The SMILES string of the molecule is CCOc1cccc(CNCCCSc2nnnn2-c2ccccc2)c1OCc1ccc(Cl)cc1. The molecule has 0 bridgehead atoms. The predicted molar refractivity (Wildman–Crippen MR) is 140 cm³/mol. The van der Waals surface area contributed by atoms with Gasteiger partial charge >= 0.3 is 0 Å². The van der Waals surface area contributed by atoms with Crippen LogP contribution < -0.4 is 14.8 Å². The van der Waals surface area contributed by atoms with Crippen molar-refractivity contribution >= 4 is 23.4 Å². The van der Waals surface area contributed by atoms with Crippen molar-refractivity contribution in [3.05, 3.63) is 88.9 Å². The molecule has 0 saturated carbocycles. The second-order valence-electron chi connectivity index (χ2n) is 7.68. The molecular formula is C26H28ClN5O2S. The van der Waals surface area contributed by atoms with Crippen molar-refractivity contribution in [2.75, 3.05) is 18.9 Å². The molecule has 0 saturated heterocycles. The molecule has 0 radical (unpaired) electrons. The van der Waals surface area contributed by atoms with Crippen LogP contribution in [0.1, 0.15) is 24.5 Å². The number of ether oxygens (including phenoxy) is 2. The Morgan fingerprint density at radius 2 is 1.80 bits per heavy atom. The highest BCUT2D eigenvalue weighted by Gasteiger charge is 2.12. The van der Waals surface area contributed by atoms with Crippen LogP contribution in [0, 0.1) is 0 Å². The zero-order chi connectivity index (χ0) is 24.3. The zero-order valence-electron chi connectivity index (χ0n) is 19.6. The molecule has 1 aromatic heterocycles. The van der Waals surface area contributed by atoms with Crippen LogP contribution in [0.2, 0.25) is 5.02 Å². The Labute approximate surface area is 214 Å². The maximum atomic E-state index is 6.19. The number of nitrogens with zero attached hydrogens (tertiary/aromatic N) is 4. The van der Waals surface area contributed by atoms with Gasteiger partial charge in [-0.25, -0.2) is 0 Å². The smallest absolute Gasteiger partial charge is 0.214 e. The van der Waals surface area contributed by atoms with Crippen molar-refractivity contribution < 1.29 is 9.47 Å². The van der Waals surface area contributed by atoms with E-state index in [1.54, 1.807) is 16.4 Å². The lowest BCUT2D eigenvalue weighted by Crippen LogP contribution is -2.16. The van der Waals surface area contributed by atoms with Crippen molar-refractivity contribution in [1.82, 2.24) is 25.5 Å². The lowest BCUT2D eigenvalue weighted by Gasteiger charge is -2.16. The molecule has 0 aliphatic carbocycles. The third-order valence-corrected chi connectivity index (χ3v) is 6.40. The van der Waals surface area contributed by atoms with Crippen molar-refractivity contribution in [3.8, 4) is 17.2 Å². The third kappa shape index (κ3) is 7.21. The molecule has 1 heterocycles. The van der Waals surface area contributed by atoms with E-state index in [1.807, 2.05) is 73.7 Å². The Morgan fingerprint density at radius 1 is 0.971 bits per heavy atom. The Balaban J connectivity index is 1.28. The fourth-order valence-electron chi connectivity index (χ4n) is 3.45. The normalized spacial score (nSPS) is 10.9. The highest BCUT2D eigenvalue weighted by molar-refractivity contribution is 7.99. The second-order valence-corrected chi connectivity index (χ2v) is 9.18. The van der Waals surface area contributed by atoms with Gasteiger partial charge in [0.05, 0.1) is 12.3 Å². The minimum Gasteiger partial charge on any atom is -0.490 e. The van der Waals surface area contributed by atoms with Crippen LogP contribution in [0.25, 0.3) is 5.69 Å². The molecule has 4 rings (SSSR count). The number of rotatable bonds is 13. The topological polar surface area (TPSA) is 74.1 Å². The van der Waals surface area contributed by atoms with Crippen LogP contribution in [0.15, 0.2) is 78.0 Å². The number of hydrogen-bond acceptors (Lipinski definition) is 7. The summed E-state index contributed by atoms with van der Waals surface area (Å²) in [7, 11) is 0. The van der Waals surface area contributed by atoms with Gasteiger partial charge in [-0.15, -0.1) is 5.10 Å². The summed E-state index contributed by atoms with van der Waals surface area (Å²) in [6.45, 7) is 4.53. The van der Waals surface area contributed by atoms with Gasteiger partial charge in [0.1, 0.15) is 6.61 Å². The van der Waals surface area contributed by atoms with E-state index in [4.69, 9.17) is 21.1 Å². The summed E-state index contributed by atoms with van der Waals surface area (Å²) in [5.74, 6) is 2.43. The number of benzene rings is 3. The van der Waals surface area contributed by atoms with Gasteiger partial charge in [-0.05, 0) is 66.2 Å². The molecule has 4 aromatic rings. The standard InChI is InChI=1S/C26H28ClN5O2S/c1-2-33-24-11-6-8-21(25(24)34-19-20-12-14-22(27)15-13-20)18-28-16-7-17-35-26-29-30-31-32(26)23-9-4-3-5-10-23/h3-6,8-15,28H,2,7,16-19H2,1H3. The summed E-state index contributed by atoms with van der Waals surface area (Å²) in [4.78, 5) is 0. The summed E-state index contributed by atoms with van der Waals surface area (Å²) in [6, 6.07) is 23.6. The fraction of sp³-hybridized carbons (Fsp3) is 0.269. The largest absolute Gasteiger partial charge is 0.490 e. The highest BCUT2D eigenvalue weighted by Crippen LogP contribution is 2.32. The van der Waals surface area contributed by atoms with Crippen molar-refractivity contribution in [2.24, 2.45) is 0 Å². The monoisotopic (exact) mass is 509 g/mol. The number of para-hydroxylation sites is 2. The molecule has 0 amide bonds. The van der Waals surface area contributed by atoms with Gasteiger partial charge in [0.25, 0.3) is 0 Å². The summed E-state index contributed by atoms with van der Waals surface area (Å²) < 4.78 is 13.8. The molecule has 182 valence electrons. The first-order valence-corrected chi connectivity index (χ1v) is 12.9. The summed E-state index contributed by atoms with van der Waals surface area (Å²) >= 11 is 7.64. The summed E-state index contributed by atoms with van der Waals surface area (Å²) in [5.41, 5.74) is 3.07. The fourth-order valence-corrected chi connectivity index (χ4v) is 4.41. The molecule has 0 atom stereocenters. The van der Waals surface area contributed by atoms with Crippen molar-refractivity contribution in [3.63, 3.8) is 0 Å². The molecule has 0 spiro atoms. The minimum atomic E-state index is 0.445. The molecule has 0 unspecified atom stereocenters. The van der Waals surface area contributed by atoms with E-state index in [-0.39, 0.29) is 0 Å². The molecule has 1 N–H and O–H groups in total. The van der Waals surface area contributed by atoms with Gasteiger partial charge in [0, 0.05) is 22.9 Å². The van der Waals surface area contributed by atoms with Gasteiger partial charge < -0.3 is 14.8 Å². The van der Waals surface area contributed by atoms with Crippen molar-refractivity contribution in [2.45, 2.75) is 31.7 Å². The molecule has 0 fully saturated rings. The number of aromatic nitrogens is 4. The summed E-state index contributed by atoms with van der Waals surface area (Å²) in [6.07, 6.45) is 0.971. The van der Waals surface area contributed by atoms with Gasteiger partial charge in [-0.3, -0.25) is 0 Å². The quantitative estimate of drug-likeness (QED) is 0.187. The predicted octanol–water partition coefficient (Wildman–Crippen LogP) is 5.57. The molecule has 3 aromatic carbocycles. The maximum Gasteiger partial charge on any atom is 0.214 e. The Kier molecular flexibility index (Phi) is 9.39. The first-order valence-electron chi connectivity index (χ1n) is 11.5. The van der Waals surface area contributed by atoms with E-state index in [0.29, 0.717) is 24.8 Å². The number of nitrogens with one attached hydrogen (secondary N) is 1. The molecule has 0 aliphatic rings. The van der Waals surface area contributed by atoms with E-state index < -0.39 is 0 Å². The Morgan fingerprint density at radius 3 is 2.60 bits per heavy atom. The lowest BCUT2D eigenvalue weighted by atomic mass is 10.1. The van der Waals surface area contributed by atoms with E-state index in [2.05, 4.69) is 26.9 Å². The van der Waals surface area contributed by atoms with Crippen LogP contribution >= 0.6 is 23.4 Å². The highest BCUT2D eigenvalue weighted by atomic mass is 35.5. The Bertz CT molecular complexity index is 1190. The molecule has 9 heteroatoms. The van der Waals surface area contributed by atoms with Crippen LogP contribution in [-0.4, -0.2) is 39.1 Å². The maximum absolute atomic E-state index is 6.19. The van der Waals surface area contributed by atoms with Crippen LogP contribution in [0.5, 0.6) is 11.5 Å². The molecule has 35 heavy (non-hydrogen) atoms. The second kappa shape index (κ2) is 13.1. The van der Waals surface area contributed by atoms with E-state index >= 15 is 0 Å². The average Bonchev–Trinajstić information content (AvgIpc) is 3.36.